The van der Waals surface area contributed by atoms with Gasteiger partial charge in [0.05, 0.1) is 6.61 Å². The van der Waals surface area contributed by atoms with Gasteiger partial charge < -0.3 is 14.2 Å². The number of unbranched alkanes of at least 4 members (excludes halogenated alkanes) is 35. The number of hydrogen-bond donors (Lipinski definition) is 0. The van der Waals surface area contributed by atoms with Gasteiger partial charge in [0.25, 0.3) is 0 Å². The van der Waals surface area contributed by atoms with Gasteiger partial charge in [-0.25, -0.2) is 0 Å². The summed E-state index contributed by atoms with van der Waals surface area (Å²) in [5.74, 6) is -0.399. The summed E-state index contributed by atoms with van der Waals surface area (Å²) >= 11 is 0. The first-order chi connectivity index (χ1) is 32.6. The van der Waals surface area contributed by atoms with Crippen LogP contribution < -0.4 is 0 Å². The zero-order valence-electron chi connectivity index (χ0n) is 44.5. The zero-order valence-corrected chi connectivity index (χ0v) is 44.5. The summed E-state index contributed by atoms with van der Waals surface area (Å²) in [5.41, 5.74) is 0. The van der Waals surface area contributed by atoms with Crippen molar-refractivity contribution in [2.45, 2.75) is 309 Å². The largest absolute Gasteiger partial charge is 0.462 e. The first-order valence-corrected chi connectivity index (χ1v) is 29.2. The Hall–Kier alpha value is -2.14. The van der Waals surface area contributed by atoms with Crippen molar-refractivity contribution in [1.82, 2.24) is 0 Å². The molecule has 0 fully saturated rings. The monoisotopic (exact) mass is 925 g/mol. The molecule has 0 aromatic heterocycles. The molecule has 0 amide bonds. The number of ether oxygens (including phenoxy) is 3. The summed E-state index contributed by atoms with van der Waals surface area (Å²) in [5, 5.41) is 0. The molecule has 0 aromatic rings. The lowest BCUT2D eigenvalue weighted by atomic mass is 10.0. The summed E-state index contributed by atoms with van der Waals surface area (Å²) < 4.78 is 17.5. The van der Waals surface area contributed by atoms with Gasteiger partial charge in [0.1, 0.15) is 6.61 Å². The molecule has 1 unspecified atom stereocenters. The minimum absolute atomic E-state index is 0.0783. The first-order valence-electron chi connectivity index (χ1n) is 29.2. The summed E-state index contributed by atoms with van der Waals surface area (Å²) in [7, 11) is 0. The number of hydrogen-bond acceptors (Lipinski definition) is 5. The summed E-state index contributed by atoms with van der Waals surface area (Å²) in [6, 6.07) is 0. The SMILES string of the molecule is CC/C=C\C/C=C\C/C=C\CCCCCCOCC(COC(=O)CCCCCCCCCCCCCCCCCCCCC)OC(=O)CCCCCCCCC/C=C\CCCCCCCC. The molecule has 0 saturated carbocycles. The van der Waals surface area contributed by atoms with Crippen LogP contribution in [0.25, 0.3) is 0 Å². The van der Waals surface area contributed by atoms with Crippen LogP contribution in [-0.4, -0.2) is 37.9 Å². The van der Waals surface area contributed by atoms with Crippen LogP contribution in [-0.2, 0) is 23.8 Å². The van der Waals surface area contributed by atoms with Gasteiger partial charge in [-0.2, -0.15) is 0 Å². The fraction of sp³-hybridized carbons (Fsp3) is 0.836. The molecule has 0 aliphatic heterocycles. The van der Waals surface area contributed by atoms with Crippen molar-refractivity contribution in [3.05, 3.63) is 48.6 Å². The molecular formula is C61H112O5. The Labute approximate surface area is 412 Å². The van der Waals surface area contributed by atoms with Crippen LogP contribution >= 0.6 is 0 Å². The molecule has 0 heterocycles. The molecule has 0 N–H and O–H groups in total. The van der Waals surface area contributed by atoms with Crippen molar-refractivity contribution in [2.75, 3.05) is 19.8 Å². The van der Waals surface area contributed by atoms with E-state index in [4.69, 9.17) is 14.2 Å². The van der Waals surface area contributed by atoms with Gasteiger partial charge in [-0.3, -0.25) is 9.59 Å². The maximum atomic E-state index is 12.9. The van der Waals surface area contributed by atoms with Crippen molar-refractivity contribution in [3.63, 3.8) is 0 Å². The highest BCUT2D eigenvalue weighted by molar-refractivity contribution is 5.70. The quantitative estimate of drug-likeness (QED) is 0.0345. The van der Waals surface area contributed by atoms with Crippen molar-refractivity contribution in [1.29, 1.82) is 0 Å². The number of carbonyl (C=O) groups is 2. The number of carbonyl (C=O) groups excluding carboxylic acids is 2. The smallest absolute Gasteiger partial charge is 0.306 e. The van der Waals surface area contributed by atoms with Crippen LogP contribution in [0.1, 0.15) is 303 Å². The highest BCUT2D eigenvalue weighted by atomic mass is 16.6. The molecule has 0 saturated heterocycles. The highest BCUT2D eigenvalue weighted by Gasteiger charge is 2.17. The molecule has 5 nitrogen and oxygen atoms in total. The van der Waals surface area contributed by atoms with Crippen molar-refractivity contribution in [3.8, 4) is 0 Å². The Morgan fingerprint density at radius 3 is 1.11 bits per heavy atom. The topological polar surface area (TPSA) is 61.8 Å². The first kappa shape index (κ1) is 63.9. The van der Waals surface area contributed by atoms with Crippen molar-refractivity contribution in [2.24, 2.45) is 0 Å². The molecule has 0 aromatic carbocycles. The number of rotatable bonds is 54. The predicted octanol–water partition coefficient (Wildman–Crippen LogP) is 19.9. The van der Waals surface area contributed by atoms with Gasteiger partial charge in [-0.15, -0.1) is 0 Å². The highest BCUT2D eigenvalue weighted by Crippen LogP contribution is 2.16. The fourth-order valence-corrected chi connectivity index (χ4v) is 8.52. The van der Waals surface area contributed by atoms with Crippen LogP contribution in [0.15, 0.2) is 48.6 Å². The van der Waals surface area contributed by atoms with Crippen LogP contribution in [0.4, 0.5) is 0 Å². The average molecular weight is 926 g/mol. The molecule has 0 bridgehead atoms. The lowest BCUT2D eigenvalue weighted by Gasteiger charge is -2.18. The maximum absolute atomic E-state index is 12.9. The minimum atomic E-state index is -0.548. The fourth-order valence-electron chi connectivity index (χ4n) is 8.52. The predicted molar refractivity (Wildman–Crippen MR) is 288 cm³/mol. The third-order valence-corrected chi connectivity index (χ3v) is 12.8. The van der Waals surface area contributed by atoms with E-state index in [2.05, 4.69) is 69.4 Å². The van der Waals surface area contributed by atoms with Crippen LogP contribution in [0, 0.1) is 0 Å². The van der Waals surface area contributed by atoms with Gasteiger partial charge in [0, 0.05) is 19.4 Å². The van der Waals surface area contributed by atoms with E-state index in [0.29, 0.717) is 19.4 Å². The lowest BCUT2D eigenvalue weighted by Crippen LogP contribution is -2.30. The summed E-state index contributed by atoms with van der Waals surface area (Å²) in [6.07, 6.45) is 71.4. The second kappa shape index (κ2) is 57.2. The van der Waals surface area contributed by atoms with E-state index < -0.39 is 6.10 Å². The third kappa shape index (κ3) is 54.5. The molecule has 0 aliphatic carbocycles. The average Bonchev–Trinajstić information content (AvgIpc) is 3.32. The Kier molecular flexibility index (Phi) is 55.3. The maximum Gasteiger partial charge on any atom is 0.306 e. The summed E-state index contributed by atoms with van der Waals surface area (Å²) in [6.45, 7) is 7.71. The Morgan fingerprint density at radius 1 is 0.348 bits per heavy atom. The molecule has 0 radical (unpaired) electrons. The van der Waals surface area contributed by atoms with E-state index in [1.165, 1.54) is 199 Å². The molecule has 1 atom stereocenters. The third-order valence-electron chi connectivity index (χ3n) is 12.8. The number of esters is 2. The Balaban J connectivity index is 4.24. The van der Waals surface area contributed by atoms with Gasteiger partial charge in [0.2, 0.25) is 0 Å². The molecule has 66 heavy (non-hydrogen) atoms. The van der Waals surface area contributed by atoms with Gasteiger partial charge in [0.15, 0.2) is 6.10 Å². The van der Waals surface area contributed by atoms with E-state index in [1.807, 2.05) is 0 Å². The van der Waals surface area contributed by atoms with Crippen LogP contribution in [0.3, 0.4) is 0 Å². The summed E-state index contributed by atoms with van der Waals surface area (Å²) in [4.78, 5) is 25.5. The van der Waals surface area contributed by atoms with E-state index in [-0.39, 0.29) is 25.2 Å². The second-order valence-electron chi connectivity index (χ2n) is 19.5. The van der Waals surface area contributed by atoms with E-state index in [0.717, 1.165) is 70.6 Å². The Bertz CT molecular complexity index is 1090. The lowest BCUT2D eigenvalue weighted by molar-refractivity contribution is -0.163. The van der Waals surface area contributed by atoms with Crippen molar-refractivity contribution < 1.29 is 23.8 Å². The standard InChI is InChI=1S/C61H112O5/c1-4-7-10-13-16-19-22-25-28-30-31-33-34-36-39-42-45-48-51-54-60(62)65-58-59(57-64-56-53-50-47-44-41-38-27-24-21-18-15-12-9-6-3)66-61(63)55-52-49-46-43-40-37-35-32-29-26-23-20-17-14-11-8-5-2/h9,12,18,21,26-27,29,38,59H,4-8,10-11,13-17,19-20,22-25,28,30-37,39-58H2,1-3H3/b12-9-,21-18-,29-26-,38-27-. The van der Waals surface area contributed by atoms with Crippen molar-refractivity contribution >= 4 is 11.9 Å². The minimum Gasteiger partial charge on any atom is -0.462 e. The van der Waals surface area contributed by atoms with E-state index in [1.54, 1.807) is 0 Å². The van der Waals surface area contributed by atoms with Crippen LogP contribution in [0.2, 0.25) is 0 Å². The normalized spacial score (nSPS) is 12.5. The van der Waals surface area contributed by atoms with Crippen LogP contribution in [0.5, 0.6) is 0 Å². The van der Waals surface area contributed by atoms with Gasteiger partial charge >= 0.3 is 11.9 Å². The van der Waals surface area contributed by atoms with E-state index >= 15 is 0 Å². The molecule has 0 aliphatic rings. The molecule has 0 spiro atoms. The second-order valence-corrected chi connectivity index (χ2v) is 19.5. The van der Waals surface area contributed by atoms with Gasteiger partial charge in [-0.05, 0) is 77.0 Å². The molecular weight excluding hydrogens is 813 g/mol. The number of allylic oxidation sites excluding steroid dienone is 8. The molecule has 0 rings (SSSR count). The Morgan fingerprint density at radius 2 is 0.682 bits per heavy atom. The molecule has 386 valence electrons. The molecule has 5 heteroatoms. The van der Waals surface area contributed by atoms with E-state index in [9.17, 15) is 9.59 Å². The zero-order chi connectivity index (χ0) is 47.7. The van der Waals surface area contributed by atoms with Gasteiger partial charge in [-0.1, -0.05) is 262 Å².